The van der Waals surface area contributed by atoms with Crippen molar-refractivity contribution >= 4 is 17.4 Å². The van der Waals surface area contributed by atoms with Crippen LogP contribution in [0.15, 0.2) is 24.3 Å². The number of aromatic nitrogens is 1. The number of hydrogen-bond acceptors (Lipinski definition) is 3. The number of hydrogen-bond donors (Lipinski definition) is 2. The number of carbonyl (C=O) groups is 1. The van der Waals surface area contributed by atoms with Gasteiger partial charge in [0.1, 0.15) is 0 Å². The molecule has 0 saturated carbocycles. The molecule has 0 atom stereocenters. The fourth-order valence-electron chi connectivity index (χ4n) is 2.80. The lowest BCUT2D eigenvalue weighted by Crippen LogP contribution is -2.42. The third-order valence-corrected chi connectivity index (χ3v) is 4.87. The van der Waals surface area contributed by atoms with Crippen LogP contribution in [0.1, 0.15) is 26.7 Å². The first-order valence-corrected chi connectivity index (χ1v) is 7.97. The molecule has 0 bridgehead atoms. The van der Waals surface area contributed by atoms with E-state index in [1.807, 2.05) is 13.8 Å². The molecule has 1 aliphatic rings. The van der Waals surface area contributed by atoms with Gasteiger partial charge in [0.2, 0.25) is 0 Å². The Labute approximate surface area is 128 Å². The van der Waals surface area contributed by atoms with Gasteiger partial charge in [0.15, 0.2) is 0 Å². The summed E-state index contributed by atoms with van der Waals surface area (Å²) >= 11 is 1.64. The van der Waals surface area contributed by atoms with Gasteiger partial charge in [0.05, 0.1) is 17.2 Å². The van der Waals surface area contributed by atoms with E-state index in [0.717, 1.165) is 28.4 Å². The molecule has 0 radical (unpaired) electrons. The highest BCUT2D eigenvalue weighted by Gasteiger charge is 2.22. The summed E-state index contributed by atoms with van der Waals surface area (Å²) < 4.78 is 0. The third-order valence-electron chi connectivity index (χ3n) is 3.80. The maximum Gasteiger partial charge on any atom is 0.315 e. The van der Waals surface area contributed by atoms with Crippen LogP contribution in [0.3, 0.4) is 0 Å². The first-order valence-electron chi connectivity index (χ1n) is 7.16. The number of fused-ring (bicyclic) bond motifs is 1. The lowest BCUT2D eigenvalue weighted by Gasteiger charge is -2.12. The summed E-state index contributed by atoms with van der Waals surface area (Å²) in [6.07, 6.45) is 1.84. The average Bonchev–Trinajstić information content (AvgIpc) is 2.98. The van der Waals surface area contributed by atoms with Crippen molar-refractivity contribution < 1.29 is 4.79 Å². The zero-order valence-corrected chi connectivity index (χ0v) is 13.1. The summed E-state index contributed by atoms with van der Waals surface area (Å²) in [6, 6.07) is 8.48. The Morgan fingerprint density at radius 2 is 1.95 bits per heavy atom. The summed E-state index contributed by atoms with van der Waals surface area (Å²) in [5, 5.41) is 7.02. The summed E-state index contributed by atoms with van der Waals surface area (Å²) in [5.74, 6) is 0. The van der Waals surface area contributed by atoms with Gasteiger partial charge >= 0.3 is 6.03 Å². The molecule has 1 aliphatic carbocycles. The molecule has 0 fully saturated rings. The van der Waals surface area contributed by atoms with E-state index >= 15 is 0 Å². The molecule has 0 aliphatic heterocycles. The van der Waals surface area contributed by atoms with Crippen LogP contribution in [-0.4, -0.2) is 17.1 Å². The van der Waals surface area contributed by atoms with E-state index < -0.39 is 0 Å². The molecule has 4 nitrogen and oxygen atoms in total. The second-order valence-corrected chi connectivity index (χ2v) is 6.73. The number of nitrogens with zero attached hydrogens (tertiary/aromatic N) is 1. The van der Waals surface area contributed by atoms with Gasteiger partial charge < -0.3 is 10.6 Å². The van der Waals surface area contributed by atoms with Crippen molar-refractivity contribution in [3.63, 3.8) is 0 Å². The summed E-state index contributed by atoms with van der Waals surface area (Å²) in [6.45, 7) is 4.51. The third kappa shape index (κ3) is 3.24. The largest absolute Gasteiger partial charge is 0.335 e. The molecule has 2 aromatic rings. The number of aryl methyl sites for hydroxylation is 2. The van der Waals surface area contributed by atoms with Crippen molar-refractivity contribution in [3.8, 4) is 0 Å². The van der Waals surface area contributed by atoms with Crippen molar-refractivity contribution in [2.75, 3.05) is 0 Å². The molecule has 1 heterocycles. The number of carbonyl (C=O) groups excluding carboxylic acids is 1. The highest BCUT2D eigenvalue weighted by molar-refractivity contribution is 7.11. The summed E-state index contributed by atoms with van der Waals surface area (Å²) in [7, 11) is 0. The van der Waals surface area contributed by atoms with E-state index in [4.69, 9.17) is 0 Å². The van der Waals surface area contributed by atoms with Crippen LogP contribution >= 0.6 is 11.3 Å². The predicted octanol–water partition coefficient (Wildman–Crippen LogP) is 2.73. The monoisotopic (exact) mass is 301 g/mol. The van der Waals surface area contributed by atoms with Crippen LogP contribution in [-0.2, 0) is 19.4 Å². The molecule has 0 saturated heterocycles. The molecule has 3 rings (SSSR count). The van der Waals surface area contributed by atoms with Crippen LogP contribution in [0.25, 0.3) is 0 Å². The normalized spacial score (nSPS) is 14.0. The van der Waals surface area contributed by atoms with E-state index in [-0.39, 0.29) is 12.1 Å². The second-order valence-electron chi connectivity index (χ2n) is 5.44. The van der Waals surface area contributed by atoms with Gasteiger partial charge in [0, 0.05) is 10.9 Å². The number of thiazole rings is 1. The van der Waals surface area contributed by atoms with Gasteiger partial charge in [0.25, 0.3) is 0 Å². The lowest BCUT2D eigenvalue weighted by atomic mass is 10.1. The zero-order chi connectivity index (χ0) is 14.8. The molecule has 0 spiro atoms. The van der Waals surface area contributed by atoms with E-state index in [1.54, 1.807) is 11.3 Å². The average molecular weight is 301 g/mol. The molecule has 5 heteroatoms. The maximum absolute atomic E-state index is 12.0. The standard InChI is InChI=1S/C16H19N3OS/c1-10-15(21-11(2)18-10)9-17-16(20)19-14-7-12-5-3-4-6-13(12)8-14/h3-6,14H,7-9H2,1-2H3,(H2,17,19,20). The van der Waals surface area contributed by atoms with E-state index in [9.17, 15) is 4.79 Å². The topological polar surface area (TPSA) is 54.0 Å². The fourth-order valence-corrected chi connectivity index (χ4v) is 3.67. The van der Waals surface area contributed by atoms with Crippen LogP contribution in [0.5, 0.6) is 0 Å². The fraction of sp³-hybridized carbons (Fsp3) is 0.375. The molecule has 2 amide bonds. The smallest absolute Gasteiger partial charge is 0.315 e. The Bertz CT molecular complexity index is 640. The van der Waals surface area contributed by atoms with Gasteiger partial charge in [-0.1, -0.05) is 24.3 Å². The van der Waals surface area contributed by atoms with Crippen molar-refractivity contribution in [2.45, 2.75) is 39.3 Å². The minimum atomic E-state index is -0.0988. The maximum atomic E-state index is 12.0. The Kier molecular flexibility index (Phi) is 3.92. The first kappa shape index (κ1) is 14.1. The molecule has 110 valence electrons. The minimum Gasteiger partial charge on any atom is -0.335 e. The van der Waals surface area contributed by atoms with Gasteiger partial charge in [-0.3, -0.25) is 0 Å². The number of rotatable bonds is 3. The molecule has 21 heavy (non-hydrogen) atoms. The number of benzene rings is 1. The Hall–Kier alpha value is -1.88. The van der Waals surface area contributed by atoms with Crippen LogP contribution in [0.4, 0.5) is 4.79 Å². The Morgan fingerprint density at radius 1 is 1.29 bits per heavy atom. The van der Waals surface area contributed by atoms with Crippen molar-refractivity contribution in [3.05, 3.63) is 51.0 Å². The number of amides is 2. The van der Waals surface area contributed by atoms with E-state index in [0.29, 0.717) is 6.54 Å². The molecule has 1 aromatic heterocycles. The Balaban J connectivity index is 1.51. The predicted molar refractivity (Wildman–Crippen MR) is 84.6 cm³/mol. The second kappa shape index (κ2) is 5.85. The van der Waals surface area contributed by atoms with E-state index in [2.05, 4.69) is 39.9 Å². The Morgan fingerprint density at radius 3 is 2.52 bits per heavy atom. The summed E-state index contributed by atoms with van der Waals surface area (Å²) in [4.78, 5) is 17.5. The highest BCUT2D eigenvalue weighted by Crippen LogP contribution is 2.21. The van der Waals surface area contributed by atoms with E-state index in [1.165, 1.54) is 11.1 Å². The van der Waals surface area contributed by atoms with Crippen LogP contribution < -0.4 is 10.6 Å². The highest BCUT2D eigenvalue weighted by atomic mass is 32.1. The number of urea groups is 1. The quantitative estimate of drug-likeness (QED) is 0.916. The SMILES string of the molecule is Cc1nc(C)c(CNC(=O)NC2Cc3ccccc3C2)s1. The minimum absolute atomic E-state index is 0.0988. The van der Waals surface area contributed by atoms with Crippen LogP contribution in [0.2, 0.25) is 0 Å². The number of nitrogens with one attached hydrogen (secondary N) is 2. The van der Waals surface area contributed by atoms with Crippen molar-refractivity contribution in [1.29, 1.82) is 0 Å². The van der Waals surface area contributed by atoms with Gasteiger partial charge in [-0.25, -0.2) is 9.78 Å². The van der Waals surface area contributed by atoms with Gasteiger partial charge in [-0.2, -0.15) is 0 Å². The van der Waals surface area contributed by atoms with Crippen LogP contribution in [0, 0.1) is 13.8 Å². The van der Waals surface area contributed by atoms with Gasteiger partial charge in [-0.05, 0) is 37.8 Å². The molecular weight excluding hydrogens is 282 g/mol. The summed E-state index contributed by atoms with van der Waals surface area (Å²) in [5.41, 5.74) is 3.69. The zero-order valence-electron chi connectivity index (χ0n) is 12.3. The van der Waals surface area contributed by atoms with Gasteiger partial charge in [-0.15, -0.1) is 11.3 Å². The molecular formula is C16H19N3OS. The molecule has 2 N–H and O–H groups in total. The van der Waals surface area contributed by atoms with Crippen molar-refractivity contribution in [2.24, 2.45) is 0 Å². The van der Waals surface area contributed by atoms with Crippen molar-refractivity contribution in [1.82, 2.24) is 15.6 Å². The molecule has 0 unspecified atom stereocenters. The first-order chi connectivity index (χ1) is 10.1. The lowest BCUT2D eigenvalue weighted by molar-refractivity contribution is 0.237. The molecule has 1 aromatic carbocycles.